The van der Waals surface area contributed by atoms with Gasteiger partial charge < -0.3 is 19.5 Å². The summed E-state index contributed by atoms with van der Waals surface area (Å²) >= 11 is 0. The molecule has 1 N–H and O–H groups in total. The first-order valence-corrected chi connectivity index (χ1v) is 7.43. The fourth-order valence-corrected chi connectivity index (χ4v) is 2.19. The SMILES string of the molecule is COc1ccc(C(=O)/C=C(\C)Nc2ccc(OC)cc2OC)cc1. The number of carbonyl (C=O) groups excluding carboxylic acids is 1. The van der Waals surface area contributed by atoms with Crippen LogP contribution in [0.1, 0.15) is 17.3 Å². The van der Waals surface area contributed by atoms with Crippen LogP contribution in [0, 0.1) is 0 Å². The van der Waals surface area contributed by atoms with Gasteiger partial charge in [-0.05, 0) is 43.3 Å². The van der Waals surface area contributed by atoms with Crippen LogP contribution < -0.4 is 19.5 Å². The van der Waals surface area contributed by atoms with Crippen molar-refractivity contribution in [2.24, 2.45) is 0 Å². The Morgan fingerprint density at radius 2 is 1.54 bits per heavy atom. The molecular formula is C19H21NO4. The summed E-state index contributed by atoms with van der Waals surface area (Å²) in [6, 6.07) is 12.4. The number of allylic oxidation sites excluding steroid dienone is 2. The number of ketones is 1. The fraction of sp³-hybridized carbons (Fsp3) is 0.211. The van der Waals surface area contributed by atoms with Gasteiger partial charge in [0.25, 0.3) is 0 Å². The number of benzene rings is 2. The van der Waals surface area contributed by atoms with E-state index in [0.717, 1.165) is 5.69 Å². The Morgan fingerprint density at radius 1 is 0.917 bits per heavy atom. The molecule has 0 aliphatic heterocycles. The minimum atomic E-state index is -0.0878. The van der Waals surface area contributed by atoms with Gasteiger partial charge in [-0.25, -0.2) is 0 Å². The van der Waals surface area contributed by atoms with Crippen LogP contribution in [-0.2, 0) is 0 Å². The van der Waals surface area contributed by atoms with Crippen LogP contribution in [-0.4, -0.2) is 27.1 Å². The summed E-state index contributed by atoms with van der Waals surface area (Å²) in [7, 11) is 4.77. The molecule has 0 aromatic heterocycles. The molecule has 0 heterocycles. The van der Waals surface area contributed by atoms with Gasteiger partial charge in [0, 0.05) is 23.4 Å². The number of nitrogens with one attached hydrogen (secondary N) is 1. The highest BCUT2D eigenvalue weighted by Crippen LogP contribution is 2.30. The molecule has 0 saturated carbocycles. The molecule has 0 spiro atoms. The molecule has 0 aliphatic carbocycles. The third-order valence-corrected chi connectivity index (χ3v) is 3.46. The first-order valence-electron chi connectivity index (χ1n) is 7.43. The molecule has 0 amide bonds. The molecule has 24 heavy (non-hydrogen) atoms. The lowest BCUT2D eigenvalue weighted by Crippen LogP contribution is -2.03. The van der Waals surface area contributed by atoms with E-state index in [-0.39, 0.29) is 5.78 Å². The smallest absolute Gasteiger partial charge is 0.187 e. The van der Waals surface area contributed by atoms with Crippen molar-refractivity contribution >= 4 is 11.5 Å². The maximum atomic E-state index is 12.3. The standard InChI is InChI=1S/C19H21NO4/c1-13(11-18(21)14-5-7-15(22-2)8-6-14)20-17-10-9-16(23-3)12-19(17)24-4/h5-12,20H,1-4H3/b13-11+. The van der Waals surface area contributed by atoms with Gasteiger partial charge in [-0.15, -0.1) is 0 Å². The van der Waals surface area contributed by atoms with Gasteiger partial charge >= 0.3 is 0 Å². The summed E-state index contributed by atoms with van der Waals surface area (Å²) in [6.45, 7) is 1.82. The first kappa shape index (κ1) is 17.4. The highest BCUT2D eigenvalue weighted by Gasteiger charge is 2.07. The van der Waals surface area contributed by atoms with Crippen molar-refractivity contribution in [3.63, 3.8) is 0 Å². The Balaban J connectivity index is 2.14. The number of anilines is 1. The second-order valence-corrected chi connectivity index (χ2v) is 5.11. The van der Waals surface area contributed by atoms with Crippen LogP contribution in [0.4, 0.5) is 5.69 Å². The van der Waals surface area contributed by atoms with E-state index in [4.69, 9.17) is 14.2 Å². The van der Waals surface area contributed by atoms with Crippen LogP contribution in [0.25, 0.3) is 0 Å². The van der Waals surface area contributed by atoms with E-state index < -0.39 is 0 Å². The predicted octanol–water partition coefficient (Wildman–Crippen LogP) is 3.91. The second-order valence-electron chi connectivity index (χ2n) is 5.11. The quantitative estimate of drug-likeness (QED) is 0.617. The Kier molecular flexibility index (Phi) is 5.84. The maximum absolute atomic E-state index is 12.3. The van der Waals surface area contributed by atoms with Gasteiger partial charge in [0.05, 0.1) is 27.0 Å². The topological polar surface area (TPSA) is 56.8 Å². The average Bonchev–Trinajstić information content (AvgIpc) is 2.61. The second kappa shape index (κ2) is 8.06. The largest absolute Gasteiger partial charge is 0.497 e. The Labute approximate surface area is 141 Å². The van der Waals surface area contributed by atoms with E-state index in [0.29, 0.717) is 28.5 Å². The molecule has 0 saturated heterocycles. The van der Waals surface area contributed by atoms with E-state index in [9.17, 15) is 4.79 Å². The molecule has 0 radical (unpaired) electrons. The molecule has 2 rings (SSSR count). The van der Waals surface area contributed by atoms with E-state index in [1.807, 2.05) is 19.1 Å². The van der Waals surface area contributed by atoms with E-state index in [1.54, 1.807) is 57.7 Å². The fourth-order valence-electron chi connectivity index (χ4n) is 2.19. The molecule has 0 fully saturated rings. The summed E-state index contributed by atoms with van der Waals surface area (Å²) in [5, 5.41) is 3.17. The molecule has 0 bridgehead atoms. The Bertz CT molecular complexity index is 736. The van der Waals surface area contributed by atoms with E-state index in [1.165, 1.54) is 0 Å². The number of rotatable bonds is 7. The zero-order chi connectivity index (χ0) is 17.5. The highest BCUT2D eigenvalue weighted by molar-refractivity contribution is 6.05. The molecule has 5 nitrogen and oxygen atoms in total. The lowest BCUT2D eigenvalue weighted by molar-refractivity contribution is 0.104. The van der Waals surface area contributed by atoms with E-state index in [2.05, 4.69) is 5.32 Å². The van der Waals surface area contributed by atoms with Crippen LogP contribution in [0.2, 0.25) is 0 Å². The molecule has 5 heteroatoms. The van der Waals surface area contributed by atoms with Crippen LogP contribution in [0.3, 0.4) is 0 Å². The van der Waals surface area contributed by atoms with Crippen molar-refractivity contribution in [2.75, 3.05) is 26.6 Å². The van der Waals surface area contributed by atoms with Gasteiger partial charge in [0.2, 0.25) is 0 Å². The van der Waals surface area contributed by atoms with Crippen LogP contribution in [0.5, 0.6) is 17.2 Å². The van der Waals surface area contributed by atoms with Crippen molar-refractivity contribution in [3.05, 3.63) is 59.8 Å². The summed E-state index contributed by atoms with van der Waals surface area (Å²) in [5.74, 6) is 1.97. The van der Waals surface area contributed by atoms with Gasteiger partial charge in [0.1, 0.15) is 17.2 Å². The van der Waals surface area contributed by atoms with Crippen molar-refractivity contribution in [1.29, 1.82) is 0 Å². The normalized spacial score (nSPS) is 10.9. The molecule has 0 unspecified atom stereocenters. The summed E-state index contributed by atoms with van der Waals surface area (Å²) in [6.07, 6.45) is 1.55. The summed E-state index contributed by atoms with van der Waals surface area (Å²) in [4.78, 5) is 12.3. The van der Waals surface area contributed by atoms with Gasteiger partial charge in [0.15, 0.2) is 5.78 Å². The van der Waals surface area contributed by atoms with Gasteiger partial charge in [-0.3, -0.25) is 4.79 Å². The lowest BCUT2D eigenvalue weighted by Gasteiger charge is -2.12. The predicted molar refractivity (Wildman–Crippen MR) is 94.3 cm³/mol. The summed E-state index contributed by atoms with van der Waals surface area (Å²) in [5.41, 5.74) is 2.06. The minimum absolute atomic E-state index is 0.0878. The number of ether oxygens (including phenoxy) is 3. The molecule has 126 valence electrons. The maximum Gasteiger partial charge on any atom is 0.187 e. The number of hydrogen-bond donors (Lipinski definition) is 1. The van der Waals surface area contributed by atoms with Crippen LogP contribution in [0.15, 0.2) is 54.2 Å². The van der Waals surface area contributed by atoms with Crippen molar-refractivity contribution in [2.45, 2.75) is 6.92 Å². The van der Waals surface area contributed by atoms with Crippen molar-refractivity contribution < 1.29 is 19.0 Å². The molecule has 2 aromatic carbocycles. The van der Waals surface area contributed by atoms with Gasteiger partial charge in [-0.1, -0.05) is 0 Å². The molecule has 2 aromatic rings. The zero-order valence-corrected chi connectivity index (χ0v) is 14.3. The number of carbonyl (C=O) groups is 1. The van der Waals surface area contributed by atoms with Crippen molar-refractivity contribution in [1.82, 2.24) is 0 Å². The van der Waals surface area contributed by atoms with E-state index >= 15 is 0 Å². The molecular weight excluding hydrogens is 306 g/mol. The number of methoxy groups -OCH3 is 3. The highest BCUT2D eigenvalue weighted by atomic mass is 16.5. The number of hydrogen-bond acceptors (Lipinski definition) is 5. The van der Waals surface area contributed by atoms with Crippen LogP contribution >= 0.6 is 0 Å². The Hall–Kier alpha value is -2.95. The minimum Gasteiger partial charge on any atom is -0.497 e. The van der Waals surface area contributed by atoms with Crippen molar-refractivity contribution in [3.8, 4) is 17.2 Å². The lowest BCUT2D eigenvalue weighted by atomic mass is 10.1. The molecule has 0 atom stereocenters. The van der Waals surface area contributed by atoms with Gasteiger partial charge in [-0.2, -0.15) is 0 Å². The molecule has 0 aliphatic rings. The summed E-state index contributed by atoms with van der Waals surface area (Å²) < 4.78 is 15.6. The monoisotopic (exact) mass is 327 g/mol. The third-order valence-electron chi connectivity index (χ3n) is 3.46. The zero-order valence-electron chi connectivity index (χ0n) is 14.3. The first-order chi connectivity index (χ1) is 11.6. The third kappa shape index (κ3) is 4.29. The Morgan fingerprint density at radius 3 is 2.12 bits per heavy atom. The average molecular weight is 327 g/mol.